The van der Waals surface area contributed by atoms with E-state index in [4.69, 9.17) is 4.74 Å². The van der Waals surface area contributed by atoms with Crippen LogP contribution in [0, 0.1) is 9.39 Å². The second-order valence-electron chi connectivity index (χ2n) is 3.33. The summed E-state index contributed by atoms with van der Waals surface area (Å²) in [6.45, 7) is 2.75. The molecule has 0 saturated heterocycles. The molecule has 4 heteroatoms. The first kappa shape index (κ1) is 12.7. The third-order valence-electron chi connectivity index (χ3n) is 2.15. The van der Waals surface area contributed by atoms with Gasteiger partial charge in [-0.1, -0.05) is 6.92 Å². The van der Waals surface area contributed by atoms with E-state index in [1.807, 2.05) is 0 Å². The Morgan fingerprint density at radius 2 is 2.27 bits per heavy atom. The molecular formula is C11H15FINO. The van der Waals surface area contributed by atoms with E-state index in [2.05, 4.69) is 34.8 Å². The molecule has 1 aromatic rings. The van der Waals surface area contributed by atoms with E-state index in [0.717, 1.165) is 15.7 Å². The Balaban J connectivity index is 2.70. The predicted octanol–water partition coefficient (Wildman–Crippen LogP) is 3.27. The van der Waals surface area contributed by atoms with Crippen LogP contribution in [-0.4, -0.2) is 19.8 Å². The quantitative estimate of drug-likeness (QED) is 0.840. The van der Waals surface area contributed by atoms with E-state index in [0.29, 0.717) is 6.61 Å². The second-order valence-corrected chi connectivity index (χ2v) is 4.49. The Bertz CT molecular complexity index is 319. The zero-order chi connectivity index (χ0) is 11.3. The van der Waals surface area contributed by atoms with Gasteiger partial charge in [-0.2, -0.15) is 0 Å². The Labute approximate surface area is 103 Å². The first-order valence-corrected chi connectivity index (χ1v) is 5.95. The molecule has 1 N–H and O–H groups in total. The maximum absolute atomic E-state index is 12.9. The first-order chi connectivity index (χ1) is 7.17. The number of hydrogen-bond donors (Lipinski definition) is 1. The predicted molar refractivity (Wildman–Crippen MR) is 68.7 cm³/mol. The summed E-state index contributed by atoms with van der Waals surface area (Å²) in [5, 5.41) is 3.33. The highest BCUT2D eigenvalue weighted by molar-refractivity contribution is 14.1. The van der Waals surface area contributed by atoms with Crippen LogP contribution in [-0.2, 0) is 4.74 Å². The summed E-state index contributed by atoms with van der Waals surface area (Å²) >= 11 is 2.12. The number of nitrogens with one attached hydrogen (secondary N) is 1. The molecule has 0 aliphatic carbocycles. The van der Waals surface area contributed by atoms with Crippen LogP contribution in [0.3, 0.4) is 0 Å². The van der Waals surface area contributed by atoms with E-state index in [1.165, 1.54) is 12.1 Å². The van der Waals surface area contributed by atoms with E-state index in [-0.39, 0.29) is 11.9 Å². The second kappa shape index (κ2) is 6.27. The van der Waals surface area contributed by atoms with Gasteiger partial charge in [-0.3, -0.25) is 0 Å². The summed E-state index contributed by atoms with van der Waals surface area (Å²) in [4.78, 5) is 0. The van der Waals surface area contributed by atoms with Crippen LogP contribution in [0.2, 0.25) is 0 Å². The van der Waals surface area contributed by atoms with Crippen molar-refractivity contribution in [2.45, 2.75) is 19.4 Å². The molecule has 1 unspecified atom stereocenters. The molecule has 0 aromatic heterocycles. The molecule has 1 rings (SSSR count). The lowest BCUT2D eigenvalue weighted by molar-refractivity contribution is 0.184. The average molecular weight is 323 g/mol. The van der Waals surface area contributed by atoms with Crippen molar-refractivity contribution in [3.05, 3.63) is 27.6 Å². The minimum Gasteiger partial charge on any atom is -0.383 e. The van der Waals surface area contributed by atoms with Gasteiger partial charge in [0.15, 0.2) is 0 Å². The van der Waals surface area contributed by atoms with Gasteiger partial charge < -0.3 is 10.1 Å². The molecule has 0 aliphatic heterocycles. The van der Waals surface area contributed by atoms with Crippen molar-refractivity contribution in [1.82, 2.24) is 0 Å². The van der Waals surface area contributed by atoms with Gasteiger partial charge >= 0.3 is 0 Å². The van der Waals surface area contributed by atoms with Gasteiger partial charge in [0.25, 0.3) is 0 Å². The van der Waals surface area contributed by atoms with Crippen molar-refractivity contribution in [3.8, 4) is 0 Å². The minimum absolute atomic E-state index is 0.204. The van der Waals surface area contributed by atoms with Gasteiger partial charge in [-0.15, -0.1) is 0 Å². The molecule has 0 radical (unpaired) electrons. The van der Waals surface area contributed by atoms with Crippen LogP contribution in [0.1, 0.15) is 13.3 Å². The van der Waals surface area contributed by atoms with Crippen LogP contribution >= 0.6 is 22.6 Å². The number of ether oxygens (including phenoxy) is 1. The third-order valence-corrected chi connectivity index (χ3v) is 3.04. The van der Waals surface area contributed by atoms with Crippen LogP contribution in [0.5, 0.6) is 0 Å². The molecule has 0 amide bonds. The number of halogens is 2. The molecule has 1 aromatic carbocycles. The van der Waals surface area contributed by atoms with Crippen molar-refractivity contribution in [2.75, 3.05) is 19.0 Å². The molecule has 84 valence electrons. The standard InChI is InChI=1S/C11H15FINO/c1-3-9(7-15-2)14-11-5-4-8(12)6-10(11)13/h4-6,9,14H,3,7H2,1-2H3. The van der Waals surface area contributed by atoms with Crippen molar-refractivity contribution >= 4 is 28.3 Å². The average Bonchev–Trinajstić information content (AvgIpc) is 2.21. The van der Waals surface area contributed by atoms with E-state index >= 15 is 0 Å². The number of methoxy groups -OCH3 is 1. The topological polar surface area (TPSA) is 21.3 Å². The fourth-order valence-electron chi connectivity index (χ4n) is 1.29. The smallest absolute Gasteiger partial charge is 0.124 e. The summed E-state index contributed by atoms with van der Waals surface area (Å²) in [7, 11) is 1.68. The summed E-state index contributed by atoms with van der Waals surface area (Å²) < 4.78 is 18.8. The lowest BCUT2D eigenvalue weighted by Crippen LogP contribution is -2.24. The SMILES string of the molecule is CCC(COC)Nc1ccc(F)cc1I. The van der Waals surface area contributed by atoms with E-state index < -0.39 is 0 Å². The highest BCUT2D eigenvalue weighted by atomic mass is 127. The molecule has 0 heterocycles. The maximum atomic E-state index is 12.9. The van der Waals surface area contributed by atoms with Crippen LogP contribution in [0.4, 0.5) is 10.1 Å². The molecule has 1 atom stereocenters. The molecule has 0 aliphatic rings. The van der Waals surface area contributed by atoms with Gasteiger partial charge in [0.05, 0.1) is 6.61 Å². The van der Waals surface area contributed by atoms with Gasteiger partial charge in [0, 0.05) is 22.4 Å². The van der Waals surface area contributed by atoms with E-state index in [1.54, 1.807) is 13.2 Å². The van der Waals surface area contributed by atoms with Crippen molar-refractivity contribution in [1.29, 1.82) is 0 Å². The molecular weight excluding hydrogens is 308 g/mol. The summed E-state index contributed by atoms with van der Waals surface area (Å²) in [6.07, 6.45) is 0.974. The van der Waals surface area contributed by atoms with Crippen LogP contribution in [0.25, 0.3) is 0 Å². The first-order valence-electron chi connectivity index (χ1n) is 4.88. The third kappa shape index (κ3) is 3.95. The fraction of sp³-hybridized carbons (Fsp3) is 0.455. The van der Waals surface area contributed by atoms with Gasteiger partial charge in [-0.05, 0) is 47.2 Å². The maximum Gasteiger partial charge on any atom is 0.124 e. The van der Waals surface area contributed by atoms with E-state index in [9.17, 15) is 4.39 Å². The fourth-order valence-corrected chi connectivity index (χ4v) is 1.92. The molecule has 0 saturated carbocycles. The zero-order valence-electron chi connectivity index (χ0n) is 8.89. The highest BCUT2D eigenvalue weighted by Crippen LogP contribution is 2.20. The van der Waals surface area contributed by atoms with Crippen molar-refractivity contribution < 1.29 is 9.13 Å². The monoisotopic (exact) mass is 323 g/mol. The van der Waals surface area contributed by atoms with Gasteiger partial charge in [-0.25, -0.2) is 4.39 Å². The number of anilines is 1. The number of rotatable bonds is 5. The number of benzene rings is 1. The van der Waals surface area contributed by atoms with Crippen LogP contribution < -0.4 is 5.32 Å². The molecule has 15 heavy (non-hydrogen) atoms. The van der Waals surface area contributed by atoms with Gasteiger partial charge in [0.2, 0.25) is 0 Å². The number of hydrogen-bond acceptors (Lipinski definition) is 2. The highest BCUT2D eigenvalue weighted by Gasteiger charge is 2.08. The minimum atomic E-state index is -0.204. The van der Waals surface area contributed by atoms with Crippen LogP contribution in [0.15, 0.2) is 18.2 Å². The molecule has 0 fully saturated rings. The molecule has 0 spiro atoms. The Kier molecular flexibility index (Phi) is 5.31. The summed E-state index contributed by atoms with van der Waals surface area (Å²) in [5.74, 6) is -0.204. The lowest BCUT2D eigenvalue weighted by atomic mass is 10.2. The van der Waals surface area contributed by atoms with Gasteiger partial charge in [0.1, 0.15) is 5.82 Å². The Hall–Kier alpha value is -0.360. The largest absolute Gasteiger partial charge is 0.383 e. The lowest BCUT2D eigenvalue weighted by Gasteiger charge is -2.18. The Morgan fingerprint density at radius 3 is 2.80 bits per heavy atom. The van der Waals surface area contributed by atoms with Crippen molar-refractivity contribution in [2.24, 2.45) is 0 Å². The molecule has 0 bridgehead atoms. The summed E-state index contributed by atoms with van der Waals surface area (Å²) in [5.41, 5.74) is 0.959. The Morgan fingerprint density at radius 1 is 1.53 bits per heavy atom. The van der Waals surface area contributed by atoms with Crippen molar-refractivity contribution in [3.63, 3.8) is 0 Å². The zero-order valence-corrected chi connectivity index (χ0v) is 11.0. The normalized spacial score (nSPS) is 12.5. The summed E-state index contributed by atoms with van der Waals surface area (Å²) in [6, 6.07) is 5.01. The molecule has 2 nitrogen and oxygen atoms in total.